The van der Waals surface area contributed by atoms with E-state index >= 15 is 0 Å². The molecule has 0 aliphatic heterocycles. The first-order chi connectivity index (χ1) is 8.65. The van der Waals surface area contributed by atoms with Crippen LogP contribution in [0.3, 0.4) is 0 Å². The molecule has 5 heteroatoms. The van der Waals surface area contributed by atoms with Gasteiger partial charge in [0.25, 0.3) is 0 Å². The number of aliphatic hydroxyl groups excluding tert-OH is 1. The second-order valence-corrected chi connectivity index (χ2v) is 4.60. The predicted octanol–water partition coefficient (Wildman–Crippen LogP) is 0.330. The number of methoxy groups -OCH3 is 2. The highest BCUT2D eigenvalue weighted by Gasteiger charge is 2.15. The van der Waals surface area contributed by atoms with Crippen LogP contribution in [0.1, 0.15) is 20.3 Å². The third-order valence-corrected chi connectivity index (χ3v) is 3.10. The molecule has 2 N–H and O–H groups in total. The number of rotatable bonds is 12. The Morgan fingerprint density at radius 3 is 2.44 bits per heavy atom. The minimum Gasteiger partial charge on any atom is -0.390 e. The van der Waals surface area contributed by atoms with Gasteiger partial charge in [0.15, 0.2) is 0 Å². The molecule has 0 aliphatic carbocycles. The Bertz CT molecular complexity index is 182. The zero-order valence-corrected chi connectivity index (χ0v) is 12.3. The molecule has 5 nitrogen and oxygen atoms in total. The molecule has 110 valence electrons. The van der Waals surface area contributed by atoms with Gasteiger partial charge < -0.3 is 19.9 Å². The molecule has 0 bridgehead atoms. The van der Waals surface area contributed by atoms with Crippen LogP contribution in [0.25, 0.3) is 0 Å². The van der Waals surface area contributed by atoms with Gasteiger partial charge in [0.2, 0.25) is 0 Å². The lowest BCUT2D eigenvalue weighted by Crippen LogP contribution is -2.44. The average molecular weight is 262 g/mol. The van der Waals surface area contributed by atoms with Gasteiger partial charge in [-0.25, -0.2) is 0 Å². The molecule has 0 heterocycles. The lowest BCUT2D eigenvalue weighted by molar-refractivity contribution is 0.0659. The van der Waals surface area contributed by atoms with E-state index in [4.69, 9.17) is 9.47 Å². The molecule has 0 saturated carbocycles. The van der Waals surface area contributed by atoms with E-state index in [9.17, 15) is 5.11 Å². The van der Waals surface area contributed by atoms with E-state index in [0.29, 0.717) is 32.3 Å². The van der Waals surface area contributed by atoms with E-state index in [1.165, 1.54) is 0 Å². The molecule has 0 saturated heterocycles. The standard InChI is InChI=1S/C13H30N2O3/c1-5-12(2)15(7-9-18-4)11-13(16)10-14-6-8-17-3/h12-14,16H,5-11H2,1-4H3. The summed E-state index contributed by atoms with van der Waals surface area (Å²) in [6, 6.07) is 0.466. The first kappa shape index (κ1) is 17.8. The Kier molecular flexibility index (Phi) is 11.7. The molecular weight excluding hydrogens is 232 g/mol. The summed E-state index contributed by atoms with van der Waals surface area (Å²) in [7, 11) is 3.38. The summed E-state index contributed by atoms with van der Waals surface area (Å²) in [5, 5.41) is 13.1. The molecule has 0 amide bonds. The van der Waals surface area contributed by atoms with Gasteiger partial charge in [0.05, 0.1) is 19.3 Å². The van der Waals surface area contributed by atoms with Crippen LogP contribution in [-0.2, 0) is 9.47 Å². The Morgan fingerprint density at radius 2 is 1.89 bits per heavy atom. The summed E-state index contributed by atoms with van der Waals surface area (Å²) in [5.74, 6) is 0. The van der Waals surface area contributed by atoms with E-state index < -0.39 is 0 Å². The van der Waals surface area contributed by atoms with Crippen LogP contribution >= 0.6 is 0 Å². The van der Waals surface area contributed by atoms with Gasteiger partial charge in [-0.1, -0.05) is 6.92 Å². The van der Waals surface area contributed by atoms with E-state index in [1.807, 2.05) is 0 Å². The summed E-state index contributed by atoms with van der Waals surface area (Å²) < 4.78 is 10.0. The van der Waals surface area contributed by atoms with Crippen LogP contribution in [0.5, 0.6) is 0 Å². The number of nitrogens with zero attached hydrogens (tertiary/aromatic N) is 1. The van der Waals surface area contributed by atoms with Crippen molar-refractivity contribution >= 4 is 0 Å². The monoisotopic (exact) mass is 262 g/mol. The van der Waals surface area contributed by atoms with Gasteiger partial charge in [0, 0.05) is 46.4 Å². The van der Waals surface area contributed by atoms with E-state index in [2.05, 4.69) is 24.1 Å². The zero-order chi connectivity index (χ0) is 13.8. The van der Waals surface area contributed by atoms with Crippen LogP contribution in [0.4, 0.5) is 0 Å². The molecule has 2 atom stereocenters. The van der Waals surface area contributed by atoms with E-state index in [1.54, 1.807) is 14.2 Å². The Hall–Kier alpha value is -0.200. The fourth-order valence-corrected chi connectivity index (χ4v) is 1.74. The minimum absolute atomic E-state index is 0.354. The zero-order valence-electron chi connectivity index (χ0n) is 12.3. The number of nitrogens with one attached hydrogen (secondary N) is 1. The van der Waals surface area contributed by atoms with Crippen molar-refractivity contribution in [3.8, 4) is 0 Å². The number of ether oxygens (including phenoxy) is 2. The Morgan fingerprint density at radius 1 is 1.22 bits per heavy atom. The summed E-state index contributed by atoms with van der Waals surface area (Å²) >= 11 is 0. The first-order valence-corrected chi connectivity index (χ1v) is 6.76. The molecule has 0 aromatic carbocycles. The summed E-state index contributed by atoms with van der Waals surface area (Å²) in [6.45, 7) is 8.63. The minimum atomic E-state index is -0.354. The fourth-order valence-electron chi connectivity index (χ4n) is 1.74. The molecule has 0 aromatic rings. The van der Waals surface area contributed by atoms with Crippen molar-refractivity contribution in [3.05, 3.63) is 0 Å². The largest absolute Gasteiger partial charge is 0.390 e. The fraction of sp³-hybridized carbons (Fsp3) is 1.00. The van der Waals surface area contributed by atoms with Crippen LogP contribution < -0.4 is 5.32 Å². The van der Waals surface area contributed by atoms with Crippen molar-refractivity contribution in [3.63, 3.8) is 0 Å². The number of aliphatic hydroxyl groups is 1. The molecule has 0 fully saturated rings. The van der Waals surface area contributed by atoms with Crippen molar-refractivity contribution in [2.24, 2.45) is 0 Å². The van der Waals surface area contributed by atoms with Gasteiger partial charge in [-0.05, 0) is 13.3 Å². The maximum Gasteiger partial charge on any atom is 0.0791 e. The summed E-state index contributed by atoms with van der Waals surface area (Å²) in [4.78, 5) is 2.27. The van der Waals surface area contributed by atoms with Crippen LogP contribution in [0.2, 0.25) is 0 Å². The van der Waals surface area contributed by atoms with Gasteiger partial charge in [-0.15, -0.1) is 0 Å². The highest BCUT2D eigenvalue weighted by atomic mass is 16.5. The highest BCUT2D eigenvalue weighted by molar-refractivity contribution is 4.71. The van der Waals surface area contributed by atoms with Gasteiger partial charge in [0.1, 0.15) is 0 Å². The van der Waals surface area contributed by atoms with Gasteiger partial charge in [-0.3, -0.25) is 4.90 Å². The first-order valence-electron chi connectivity index (χ1n) is 6.76. The topological polar surface area (TPSA) is 54.0 Å². The number of hydrogen-bond acceptors (Lipinski definition) is 5. The molecule has 0 spiro atoms. The lowest BCUT2D eigenvalue weighted by atomic mass is 10.2. The van der Waals surface area contributed by atoms with E-state index in [-0.39, 0.29) is 6.10 Å². The lowest BCUT2D eigenvalue weighted by Gasteiger charge is -2.30. The van der Waals surface area contributed by atoms with E-state index in [0.717, 1.165) is 19.5 Å². The third kappa shape index (κ3) is 8.83. The second-order valence-electron chi connectivity index (χ2n) is 4.60. The Balaban J connectivity index is 3.89. The van der Waals surface area contributed by atoms with Gasteiger partial charge in [-0.2, -0.15) is 0 Å². The Labute approximate surface area is 111 Å². The smallest absolute Gasteiger partial charge is 0.0791 e. The van der Waals surface area contributed by atoms with Gasteiger partial charge >= 0.3 is 0 Å². The molecule has 0 radical (unpaired) electrons. The normalized spacial score (nSPS) is 15.0. The maximum absolute atomic E-state index is 9.98. The van der Waals surface area contributed by atoms with Crippen molar-refractivity contribution in [2.75, 3.05) is 53.6 Å². The second kappa shape index (κ2) is 11.9. The SMILES string of the molecule is CCC(C)N(CCOC)CC(O)CNCCOC. The summed E-state index contributed by atoms with van der Waals surface area (Å²) in [6.07, 6.45) is 0.723. The molecule has 0 rings (SSSR count). The molecule has 0 aliphatic rings. The van der Waals surface area contributed by atoms with Crippen molar-refractivity contribution in [1.29, 1.82) is 0 Å². The number of hydrogen-bond donors (Lipinski definition) is 2. The highest BCUT2D eigenvalue weighted by Crippen LogP contribution is 2.04. The maximum atomic E-state index is 9.98. The predicted molar refractivity (Wildman–Crippen MR) is 74.0 cm³/mol. The molecule has 2 unspecified atom stereocenters. The van der Waals surface area contributed by atoms with Crippen molar-refractivity contribution < 1.29 is 14.6 Å². The van der Waals surface area contributed by atoms with Crippen LogP contribution in [0.15, 0.2) is 0 Å². The summed E-state index contributed by atoms with van der Waals surface area (Å²) in [5.41, 5.74) is 0. The van der Waals surface area contributed by atoms with Crippen LogP contribution in [0, 0.1) is 0 Å². The van der Waals surface area contributed by atoms with Crippen molar-refractivity contribution in [1.82, 2.24) is 10.2 Å². The molecular formula is C13H30N2O3. The molecule has 0 aromatic heterocycles. The third-order valence-electron chi connectivity index (χ3n) is 3.10. The quantitative estimate of drug-likeness (QED) is 0.497. The van der Waals surface area contributed by atoms with Crippen LogP contribution in [-0.4, -0.2) is 75.8 Å². The molecule has 18 heavy (non-hydrogen) atoms. The van der Waals surface area contributed by atoms with Crippen molar-refractivity contribution in [2.45, 2.75) is 32.4 Å². The average Bonchev–Trinajstić information content (AvgIpc) is 2.38.